The van der Waals surface area contributed by atoms with Crippen LogP contribution in [0.4, 0.5) is 0 Å². The first kappa shape index (κ1) is 10.8. The standard InChI is InChI=1S/C11H14N4O/c1-11(16,9-4-3-5-12-7-9)6-10-8-15(2)14-13-10/h3-5,7-8,16H,6H2,1-2H3. The summed E-state index contributed by atoms with van der Waals surface area (Å²) >= 11 is 0. The lowest BCUT2D eigenvalue weighted by molar-refractivity contribution is 0.0562. The van der Waals surface area contributed by atoms with Crippen LogP contribution in [-0.2, 0) is 19.1 Å². The number of aryl methyl sites for hydroxylation is 1. The van der Waals surface area contributed by atoms with E-state index in [9.17, 15) is 5.11 Å². The molecular formula is C11H14N4O. The average molecular weight is 218 g/mol. The van der Waals surface area contributed by atoms with Gasteiger partial charge in [0.15, 0.2) is 0 Å². The van der Waals surface area contributed by atoms with E-state index < -0.39 is 5.60 Å². The van der Waals surface area contributed by atoms with E-state index >= 15 is 0 Å². The summed E-state index contributed by atoms with van der Waals surface area (Å²) in [7, 11) is 1.80. The molecule has 1 N–H and O–H groups in total. The van der Waals surface area contributed by atoms with Crippen LogP contribution >= 0.6 is 0 Å². The molecule has 0 radical (unpaired) electrons. The minimum Gasteiger partial charge on any atom is -0.385 e. The molecule has 2 rings (SSSR count). The van der Waals surface area contributed by atoms with Gasteiger partial charge in [0.1, 0.15) is 0 Å². The maximum atomic E-state index is 10.3. The zero-order chi connectivity index (χ0) is 11.6. The smallest absolute Gasteiger partial charge is 0.0939 e. The number of aliphatic hydroxyl groups is 1. The fourth-order valence-electron chi connectivity index (χ4n) is 1.61. The molecular weight excluding hydrogens is 204 g/mol. The molecule has 0 aliphatic heterocycles. The van der Waals surface area contributed by atoms with Crippen LogP contribution in [-0.4, -0.2) is 25.1 Å². The Balaban J connectivity index is 2.20. The molecule has 1 atom stereocenters. The van der Waals surface area contributed by atoms with Gasteiger partial charge in [0.2, 0.25) is 0 Å². The second kappa shape index (κ2) is 4.02. The summed E-state index contributed by atoms with van der Waals surface area (Å²) in [5.74, 6) is 0. The van der Waals surface area contributed by atoms with Crippen LogP contribution in [0, 0.1) is 0 Å². The topological polar surface area (TPSA) is 63.8 Å². The summed E-state index contributed by atoms with van der Waals surface area (Å²) in [5, 5.41) is 18.1. The molecule has 0 fully saturated rings. The van der Waals surface area contributed by atoms with Gasteiger partial charge in [0.25, 0.3) is 0 Å². The van der Waals surface area contributed by atoms with Crippen LogP contribution < -0.4 is 0 Å². The van der Waals surface area contributed by atoms with Gasteiger partial charge in [-0.3, -0.25) is 9.67 Å². The van der Waals surface area contributed by atoms with Gasteiger partial charge >= 0.3 is 0 Å². The van der Waals surface area contributed by atoms with Crippen LogP contribution in [0.15, 0.2) is 30.7 Å². The molecule has 0 saturated carbocycles. The lowest BCUT2D eigenvalue weighted by Crippen LogP contribution is -2.24. The second-order valence-corrected chi connectivity index (χ2v) is 4.08. The molecule has 16 heavy (non-hydrogen) atoms. The molecule has 0 spiro atoms. The molecule has 84 valence electrons. The molecule has 0 aromatic carbocycles. The van der Waals surface area contributed by atoms with E-state index in [-0.39, 0.29) is 0 Å². The molecule has 0 aliphatic carbocycles. The minimum atomic E-state index is -0.968. The zero-order valence-corrected chi connectivity index (χ0v) is 9.33. The Bertz CT molecular complexity index is 464. The Hall–Kier alpha value is -1.75. The van der Waals surface area contributed by atoms with Crippen LogP contribution in [0.3, 0.4) is 0 Å². The molecule has 0 saturated heterocycles. The van der Waals surface area contributed by atoms with Gasteiger partial charge in [-0.1, -0.05) is 11.3 Å². The Morgan fingerprint density at radius 2 is 2.31 bits per heavy atom. The van der Waals surface area contributed by atoms with E-state index in [0.29, 0.717) is 6.42 Å². The molecule has 5 nitrogen and oxygen atoms in total. The first-order valence-corrected chi connectivity index (χ1v) is 5.06. The molecule has 2 aromatic rings. The predicted octanol–water partition coefficient (Wildman–Crippen LogP) is 0.660. The molecule has 2 heterocycles. The monoisotopic (exact) mass is 218 g/mol. The van der Waals surface area contributed by atoms with Crippen molar-refractivity contribution >= 4 is 0 Å². The fourth-order valence-corrected chi connectivity index (χ4v) is 1.61. The average Bonchev–Trinajstić information content (AvgIpc) is 2.64. The fraction of sp³-hybridized carbons (Fsp3) is 0.364. The van der Waals surface area contributed by atoms with Crippen LogP contribution in [0.1, 0.15) is 18.2 Å². The highest BCUT2D eigenvalue weighted by atomic mass is 16.3. The van der Waals surface area contributed by atoms with Crippen molar-refractivity contribution in [3.05, 3.63) is 42.0 Å². The summed E-state index contributed by atoms with van der Waals surface area (Å²) in [4.78, 5) is 4.00. The van der Waals surface area contributed by atoms with Gasteiger partial charge in [-0.05, 0) is 13.0 Å². The van der Waals surface area contributed by atoms with Crippen molar-refractivity contribution in [1.29, 1.82) is 0 Å². The minimum absolute atomic E-state index is 0.423. The predicted molar refractivity (Wildman–Crippen MR) is 58.5 cm³/mol. The SMILES string of the molecule is Cn1cc(CC(C)(O)c2cccnc2)nn1. The van der Waals surface area contributed by atoms with Crippen LogP contribution in [0.2, 0.25) is 0 Å². The summed E-state index contributed by atoms with van der Waals surface area (Å²) in [5.41, 5.74) is 0.571. The number of nitrogens with zero attached hydrogens (tertiary/aromatic N) is 4. The molecule has 0 aliphatic rings. The lowest BCUT2D eigenvalue weighted by Gasteiger charge is -2.21. The Kier molecular flexibility index (Phi) is 2.70. The quantitative estimate of drug-likeness (QED) is 0.822. The normalized spacial score (nSPS) is 14.7. The number of pyridine rings is 1. The molecule has 5 heteroatoms. The third kappa shape index (κ3) is 2.25. The number of hydrogen-bond acceptors (Lipinski definition) is 4. The summed E-state index contributed by atoms with van der Waals surface area (Å²) < 4.78 is 1.62. The first-order chi connectivity index (χ1) is 7.58. The highest BCUT2D eigenvalue weighted by Gasteiger charge is 2.25. The second-order valence-electron chi connectivity index (χ2n) is 4.08. The molecule has 0 amide bonds. The van der Waals surface area contributed by atoms with Crippen molar-refractivity contribution in [1.82, 2.24) is 20.0 Å². The van der Waals surface area contributed by atoms with Gasteiger partial charge in [-0.25, -0.2) is 0 Å². The van der Waals surface area contributed by atoms with Gasteiger partial charge in [0.05, 0.1) is 11.3 Å². The largest absolute Gasteiger partial charge is 0.385 e. The molecule has 1 unspecified atom stereocenters. The maximum absolute atomic E-state index is 10.3. The van der Waals surface area contributed by atoms with E-state index in [1.54, 1.807) is 43.3 Å². The summed E-state index contributed by atoms with van der Waals surface area (Å²) in [6.07, 6.45) is 5.57. The van der Waals surface area contributed by atoms with Gasteiger partial charge in [0, 0.05) is 37.6 Å². The number of aromatic nitrogens is 4. The van der Waals surface area contributed by atoms with Gasteiger partial charge in [-0.2, -0.15) is 0 Å². The van der Waals surface area contributed by atoms with E-state index in [4.69, 9.17) is 0 Å². The summed E-state index contributed by atoms with van der Waals surface area (Å²) in [6.45, 7) is 1.75. The Morgan fingerprint density at radius 3 is 2.88 bits per heavy atom. The third-order valence-corrected chi connectivity index (χ3v) is 2.46. The van der Waals surface area contributed by atoms with E-state index in [2.05, 4.69) is 15.3 Å². The summed E-state index contributed by atoms with van der Waals surface area (Å²) in [6, 6.07) is 3.66. The van der Waals surface area contributed by atoms with Crippen molar-refractivity contribution in [2.24, 2.45) is 7.05 Å². The van der Waals surface area contributed by atoms with Gasteiger partial charge < -0.3 is 5.11 Å². The maximum Gasteiger partial charge on any atom is 0.0939 e. The lowest BCUT2D eigenvalue weighted by atomic mass is 9.93. The number of rotatable bonds is 3. The van der Waals surface area contributed by atoms with Gasteiger partial charge in [-0.15, -0.1) is 5.10 Å². The number of hydrogen-bond donors (Lipinski definition) is 1. The first-order valence-electron chi connectivity index (χ1n) is 5.06. The van der Waals surface area contributed by atoms with Crippen molar-refractivity contribution in [2.45, 2.75) is 18.9 Å². The van der Waals surface area contributed by atoms with Crippen LogP contribution in [0.5, 0.6) is 0 Å². The Labute approximate surface area is 93.8 Å². The highest BCUT2D eigenvalue weighted by molar-refractivity contribution is 5.19. The Morgan fingerprint density at radius 1 is 1.50 bits per heavy atom. The molecule has 2 aromatic heterocycles. The molecule has 0 bridgehead atoms. The van der Waals surface area contributed by atoms with Crippen molar-refractivity contribution < 1.29 is 5.11 Å². The van der Waals surface area contributed by atoms with Crippen molar-refractivity contribution in [3.8, 4) is 0 Å². The van der Waals surface area contributed by atoms with E-state index in [0.717, 1.165) is 11.3 Å². The highest BCUT2D eigenvalue weighted by Crippen LogP contribution is 2.23. The van der Waals surface area contributed by atoms with Crippen LogP contribution in [0.25, 0.3) is 0 Å². The van der Waals surface area contributed by atoms with Crippen molar-refractivity contribution in [3.63, 3.8) is 0 Å². The van der Waals surface area contributed by atoms with E-state index in [1.165, 1.54) is 0 Å². The van der Waals surface area contributed by atoms with E-state index in [1.807, 2.05) is 6.07 Å². The third-order valence-electron chi connectivity index (χ3n) is 2.46. The zero-order valence-electron chi connectivity index (χ0n) is 9.33. The van der Waals surface area contributed by atoms with Crippen molar-refractivity contribution in [2.75, 3.05) is 0 Å².